The maximum Gasteiger partial charge on any atom is 0.178 e. The number of nitrogens with zero attached hydrogens (tertiary/aromatic N) is 3. The summed E-state index contributed by atoms with van der Waals surface area (Å²) < 4.78 is 20.5. The third-order valence-corrected chi connectivity index (χ3v) is 6.39. The lowest BCUT2D eigenvalue weighted by molar-refractivity contribution is 0.410. The average Bonchev–Trinajstić information content (AvgIpc) is 3.32. The highest BCUT2D eigenvalue weighted by molar-refractivity contribution is 7.85. The van der Waals surface area contributed by atoms with Gasteiger partial charge in [-0.15, -0.1) is 0 Å². The number of benzene rings is 1. The van der Waals surface area contributed by atoms with E-state index in [4.69, 9.17) is 4.74 Å². The number of nitrogens with one attached hydrogen (secondary N) is 1. The monoisotopic (exact) mass is 382 g/mol. The van der Waals surface area contributed by atoms with Crippen LogP contribution in [0.4, 0.5) is 11.4 Å². The van der Waals surface area contributed by atoms with Crippen molar-refractivity contribution in [3.05, 3.63) is 66.2 Å². The minimum absolute atomic E-state index is 0.299. The summed E-state index contributed by atoms with van der Waals surface area (Å²) in [6.45, 7) is 1.95. The molecule has 27 heavy (non-hydrogen) atoms. The molecule has 1 N–H and O–H groups in total. The van der Waals surface area contributed by atoms with Crippen LogP contribution in [0, 0.1) is 6.92 Å². The van der Waals surface area contributed by atoms with E-state index in [2.05, 4.69) is 27.0 Å². The van der Waals surface area contributed by atoms with Crippen molar-refractivity contribution in [3.8, 4) is 11.4 Å². The van der Waals surface area contributed by atoms with Gasteiger partial charge in [-0.1, -0.05) is 0 Å². The third-order valence-electron chi connectivity index (χ3n) is 4.90. The first-order valence-electron chi connectivity index (χ1n) is 8.71. The highest BCUT2D eigenvalue weighted by atomic mass is 32.2. The average molecular weight is 382 g/mol. The van der Waals surface area contributed by atoms with E-state index >= 15 is 0 Å². The van der Waals surface area contributed by atoms with Crippen molar-refractivity contribution >= 4 is 22.2 Å². The molecule has 1 aliphatic heterocycles. The number of methoxy groups -OCH3 is 1. The topological polar surface area (TPSA) is 59.4 Å². The summed E-state index contributed by atoms with van der Waals surface area (Å²) >= 11 is 0. The van der Waals surface area contributed by atoms with E-state index < -0.39 is 10.8 Å². The van der Waals surface area contributed by atoms with E-state index in [0.717, 1.165) is 34.1 Å². The van der Waals surface area contributed by atoms with Gasteiger partial charge in [0, 0.05) is 36.9 Å². The molecule has 1 aromatic carbocycles. The van der Waals surface area contributed by atoms with E-state index in [9.17, 15) is 4.21 Å². The van der Waals surface area contributed by atoms with Crippen LogP contribution in [-0.2, 0) is 16.6 Å². The number of rotatable bonds is 5. The molecule has 1 aliphatic rings. The zero-order valence-electron chi connectivity index (χ0n) is 15.5. The molecule has 0 bridgehead atoms. The Kier molecular flexibility index (Phi) is 4.61. The number of pyridine rings is 1. The first-order chi connectivity index (χ1) is 13.1. The maximum atomic E-state index is 13.1. The molecule has 0 saturated carbocycles. The lowest BCUT2D eigenvalue weighted by Crippen LogP contribution is -2.37. The Morgan fingerprint density at radius 1 is 1.26 bits per heavy atom. The summed E-state index contributed by atoms with van der Waals surface area (Å²) in [5, 5.41) is 3.38. The van der Waals surface area contributed by atoms with Crippen LogP contribution in [-0.4, -0.2) is 33.4 Å². The molecule has 0 radical (unpaired) electrons. The van der Waals surface area contributed by atoms with Gasteiger partial charge in [0.2, 0.25) is 0 Å². The Hall–Kier alpha value is -2.80. The van der Waals surface area contributed by atoms with Crippen molar-refractivity contribution in [1.82, 2.24) is 9.55 Å². The van der Waals surface area contributed by atoms with Crippen molar-refractivity contribution in [2.45, 2.75) is 18.2 Å². The fraction of sp³-hybridized carbons (Fsp3) is 0.250. The quantitative estimate of drug-likeness (QED) is 0.734. The van der Waals surface area contributed by atoms with E-state index in [1.807, 2.05) is 55.5 Å². The summed E-state index contributed by atoms with van der Waals surface area (Å²) in [5.74, 6) is 1.13. The third kappa shape index (κ3) is 3.19. The number of aromatic nitrogens is 2. The van der Waals surface area contributed by atoms with Crippen LogP contribution in [0.15, 0.2) is 55.0 Å². The standard InChI is InChI=1S/C20H22N4O2S/c1-14-17(21-9-8-19(14)26-3)13-27(25)20-22-16-7-6-15(12-18(16)23(20)2)24-10-4-5-11-24/h4-12,20,22H,13H2,1-3H3. The van der Waals surface area contributed by atoms with Crippen LogP contribution in [0.1, 0.15) is 11.3 Å². The Morgan fingerprint density at radius 3 is 2.78 bits per heavy atom. The number of hydrogen-bond donors (Lipinski definition) is 1. The van der Waals surface area contributed by atoms with Gasteiger partial charge in [0.05, 0.1) is 40.7 Å². The van der Waals surface area contributed by atoms with Crippen LogP contribution < -0.4 is 15.0 Å². The van der Waals surface area contributed by atoms with Crippen molar-refractivity contribution in [2.75, 3.05) is 24.4 Å². The highest BCUT2D eigenvalue weighted by Gasteiger charge is 2.31. The molecule has 6 nitrogen and oxygen atoms in total. The van der Waals surface area contributed by atoms with E-state index in [0.29, 0.717) is 5.75 Å². The summed E-state index contributed by atoms with van der Waals surface area (Å²) in [6.07, 6.45) is 5.72. The van der Waals surface area contributed by atoms with Crippen LogP contribution in [0.3, 0.4) is 0 Å². The van der Waals surface area contributed by atoms with Crippen molar-refractivity contribution in [1.29, 1.82) is 0 Å². The first kappa shape index (κ1) is 17.6. The molecule has 2 aromatic heterocycles. The molecule has 0 fully saturated rings. The van der Waals surface area contributed by atoms with Gasteiger partial charge < -0.3 is 19.5 Å². The van der Waals surface area contributed by atoms with Gasteiger partial charge in [0.15, 0.2) is 5.50 Å². The van der Waals surface area contributed by atoms with Gasteiger partial charge in [-0.25, -0.2) is 0 Å². The normalized spacial score (nSPS) is 16.7. The van der Waals surface area contributed by atoms with Crippen LogP contribution in [0.2, 0.25) is 0 Å². The summed E-state index contributed by atoms with van der Waals surface area (Å²) in [5.41, 5.74) is 4.53. The van der Waals surface area contributed by atoms with Crippen LogP contribution in [0.5, 0.6) is 5.75 Å². The molecule has 2 atom stereocenters. The second kappa shape index (κ2) is 7.08. The Balaban J connectivity index is 1.56. The Morgan fingerprint density at radius 2 is 2.04 bits per heavy atom. The van der Waals surface area contributed by atoms with Crippen molar-refractivity contribution in [3.63, 3.8) is 0 Å². The lowest BCUT2D eigenvalue weighted by Gasteiger charge is -2.22. The van der Waals surface area contributed by atoms with Crippen molar-refractivity contribution < 1.29 is 8.95 Å². The van der Waals surface area contributed by atoms with Gasteiger partial charge >= 0.3 is 0 Å². The fourth-order valence-corrected chi connectivity index (χ4v) is 4.78. The summed E-state index contributed by atoms with van der Waals surface area (Å²) in [4.78, 5) is 6.43. The number of hydrogen-bond acceptors (Lipinski definition) is 5. The fourth-order valence-electron chi connectivity index (χ4n) is 3.34. The zero-order chi connectivity index (χ0) is 19.0. The van der Waals surface area contributed by atoms with Gasteiger partial charge in [0.1, 0.15) is 5.75 Å². The molecule has 4 rings (SSSR count). The molecule has 7 heteroatoms. The summed E-state index contributed by atoms with van der Waals surface area (Å²) in [7, 11) is 2.42. The van der Waals surface area contributed by atoms with Crippen LogP contribution in [0.25, 0.3) is 5.69 Å². The molecule has 0 saturated heterocycles. The smallest absolute Gasteiger partial charge is 0.178 e. The Bertz CT molecular complexity index is 988. The minimum atomic E-state index is -1.18. The number of fused-ring (bicyclic) bond motifs is 1. The predicted octanol–water partition coefficient (Wildman–Crippen LogP) is 3.28. The van der Waals surface area contributed by atoms with Crippen LogP contribution >= 0.6 is 0 Å². The molecule has 0 amide bonds. The largest absolute Gasteiger partial charge is 0.496 e. The Labute approximate surface area is 161 Å². The van der Waals surface area contributed by atoms with Gasteiger partial charge in [-0.05, 0) is 43.3 Å². The second-order valence-corrected chi connectivity index (χ2v) is 8.01. The molecule has 0 aliphatic carbocycles. The van der Waals surface area contributed by atoms with Gasteiger partial charge in [0.25, 0.3) is 0 Å². The van der Waals surface area contributed by atoms with Crippen molar-refractivity contribution in [2.24, 2.45) is 0 Å². The van der Waals surface area contributed by atoms with Gasteiger partial charge in [-0.2, -0.15) is 0 Å². The molecular formula is C20H22N4O2S. The zero-order valence-corrected chi connectivity index (χ0v) is 16.4. The minimum Gasteiger partial charge on any atom is -0.496 e. The molecule has 0 spiro atoms. The second-order valence-electron chi connectivity index (χ2n) is 6.51. The SMILES string of the molecule is COc1ccnc(CS(=O)C2Nc3ccc(-n4cccc4)cc3N2C)c1C. The van der Waals surface area contributed by atoms with Gasteiger partial charge in [-0.3, -0.25) is 9.19 Å². The lowest BCUT2D eigenvalue weighted by atomic mass is 10.2. The number of ether oxygens (including phenoxy) is 1. The maximum absolute atomic E-state index is 13.1. The molecule has 2 unspecified atom stereocenters. The molecule has 3 heterocycles. The molecule has 140 valence electrons. The predicted molar refractivity (Wildman–Crippen MR) is 109 cm³/mol. The number of anilines is 2. The van der Waals surface area contributed by atoms with E-state index in [1.165, 1.54) is 0 Å². The van der Waals surface area contributed by atoms with E-state index in [-0.39, 0.29) is 5.50 Å². The first-order valence-corrected chi connectivity index (χ1v) is 10.1. The summed E-state index contributed by atoms with van der Waals surface area (Å²) in [6, 6.07) is 12.0. The molecular weight excluding hydrogens is 360 g/mol. The highest BCUT2D eigenvalue weighted by Crippen LogP contribution is 2.36. The molecule has 3 aromatic rings. The van der Waals surface area contributed by atoms with E-state index in [1.54, 1.807) is 13.3 Å².